The van der Waals surface area contributed by atoms with Gasteiger partial charge in [0.25, 0.3) is 0 Å². The minimum absolute atomic E-state index is 1.28. The van der Waals surface area contributed by atoms with Gasteiger partial charge in [0.05, 0.1) is 0 Å². The number of ether oxygens (including phenoxy) is 6. The fraction of sp³-hybridized carbons (Fsp3) is 0.632. The molecule has 0 radical (unpaired) electrons. The summed E-state index contributed by atoms with van der Waals surface area (Å²) < 4.78 is 25.5. The van der Waals surface area contributed by atoms with Crippen molar-refractivity contribution in [3.8, 4) is 11.1 Å². The van der Waals surface area contributed by atoms with Crippen LogP contribution >= 0.6 is 0 Å². The van der Waals surface area contributed by atoms with E-state index in [1.807, 2.05) is 298 Å². The zero-order chi connectivity index (χ0) is 71.5. The molecule has 0 saturated heterocycles. The Morgan fingerprint density at radius 1 is 0.134 bits per heavy atom. The highest BCUT2D eigenvalue weighted by molar-refractivity contribution is 5.82. The van der Waals surface area contributed by atoms with Crippen molar-refractivity contribution in [1.82, 2.24) is 0 Å². The molecule has 0 amide bonds. The zero-order valence-electron chi connectivity index (χ0n) is 66.3. The second-order valence-corrected chi connectivity index (χ2v) is 8.68. The van der Waals surface area contributed by atoms with E-state index in [4.69, 9.17) is 0 Å². The molecule has 0 aliphatic carbocycles. The van der Waals surface area contributed by atoms with Crippen LogP contribution < -0.4 is 0 Å². The molecule has 0 aliphatic rings. The van der Waals surface area contributed by atoms with E-state index in [1.165, 1.54) is 21.9 Å². The molecular formula is C76H168O6. The molecular weight excluding hydrogens is 1010 g/mol. The van der Waals surface area contributed by atoms with Crippen molar-refractivity contribution in [1.29, 1.82) is 0 Å². The molecule has 0 unspecified atom stereocenters. The average molecular weight is 1180 g/mol. The highest BCUT2D eigenvalue weighted by Crippen LogP contribution is 2.17. The Balaban J connectivity index is -0.0000000238. The maximum atomic E-state index is 4.25. The van der Waals surface area contributed by atoms with Crippen molar-refractivity contribution in [2.45, 2.75) is 249 Å². The van der Waals surface area contributed by atoms with Crippen LogP contribution in [0, 0.1) is 0 Å². The number of fused-ring (bicyclic) bond motifs is 1. The topological polar surface area (TPSA) is 55.4 Å². The van der Waals surface area contributed by atoms with Crippen LogP contribution in [0.1, 0.15) is 249 Å². The maximum Gasteiger partial charge on any atom is 0.0351 e. The van der Waals surface area contributed by atoms with Crippen LogP contribution in [0.15, 0.2) is 146 Å². The van der Waals surface area contributed by atoms with E-state index in [9.17, 15) is 0 Å². The maximum absolute atomic E-state index is 4.25. The number of hydrogen-bond donors (Lipinski definition) is 0. The van der Waals surface area contributed by atoms with E-state index in [-0.39, 0.29) is 0 Å². The standard InChI is InChI=1S/C12H10.C10H8.C6H6.6C2H6O.18C2H6/c1-3-7-11(8-4-1)12-9-5-2-6-10-12;1-2-6-10-8-4-3-7-9(10)5-1;1-2-4-6-5-3-1;6*1-3-2;18*1-2/h1-10H;1-8H;1-6H;6*1-2H3;18*1-2H3. The normalized spacial score (nSPS) is 5.85. The molecule has 5 aromatic carbocycles. The molecule has 5 aromatic rings. The van der Waals surface area contributed by atoms with Gasteiger partial charge < -0.3 is 28.4 Å². The minimum atomic E-state index is 1.28. The predicted octanol–water partition coefficient (Wildman–Crippen LogP) is 27.9. The summed E-state index contributed by atoms with van der Waals surface area (Å²) in [4.78, 5) is 0. The molecule has 0 aliphatic heterocycles. The van der Waals surface area contributed by atoms with Gasteiger partial charge in [0.1, 0.15) is 0 Å². The van der Waals surface area contributed by atoms with Crippen molar-refractivity contribution in [3.63, 3.8) is 0 Å². The lowest BCUT2D eigenvalue weighted by Gasteiger charge is -1.98. The monoisotopic (exact) mass is 1180 g/mol. The van der Waals surface area contributed by atoms with Crippen LogP contribution in [-0.4, -0.2) is 85.3 Å². The highest BCUT2D eigenvalue weighted by atomic mass is 16.5. The van der Waals surface area contributed by atoms with Crippen LogP contribution in [0.3, 0.4) is 0 Å². The van der Waals surface area contributed by atoms with Crippen LogP contribution in [0.4, 0.5) is 0 Å². The quantitative estimate of drug-likeness (QED) is 0.167. The molecule has 508 valence electrons. The van der Waals surface area contributed by atoms with Crippen molar-refractivity contribution in [2.24, 2.45) is 0 Å². The lowest BCUT2D eigenvalue weighted by Crippen LogP contribution is -1.73. The van der Waals surface area contributed by atoms with E-state index in [1.54, 1.807) is 85.3 Å². The molecule has 0 aromatic heterocycles. The molecule has 6 heteroatoms. The number of hydrogen-bond acceptors (Lipinski definition) is 6. The van der Waals surface area contributed by atoms with Crippen LogP contribution in [0.5, 0.6) is 0 Å². The second-order valence-electron chi connectivity index (χ2n) is 8.68. The third kappa shape index (κ3) is 267. The van der Waals surface area contributed by atoms with Gasteiger partial charge in [-0.2, -0.15) is 0 Å². The first-order valence-corrected chi connectivity index (χ1v) is 32.4. The summed E-state index contributed by atoms with van der Waals surface area (Å²) in [5, 5.41) is 2.62. The summed E-state index contributed by atoms with van der Waals surface area (Å²) in [5.74, 6) is 0. The predicted molar refractivity (Wildman–Crippen MR) is 404 cm³/mol. The zero-order valence-corrected chi connectivity index (χ0v) is 66.3. The van der Waals surface area contributed by atoms with Crippen molar-refractivity contribution in [3.05, 3.63) is 146 Å². The SMILES string of the molecule is CC.CC.CC.CC.CC.CC.CC.CC.CC.CC.CC.CC.CC.CC.CC.CC.CC.CC.COC.COC.COC.COC.COC.COC.c1ccc(-c2ccccc2)cc1.c1ccc2ccccc2c1.c1ccccc1. The Morgan fingerprint density at radius 2 is 0.207 bits per heavy atom. The molecule has 0 atom stereocenters. The highest BCUT2D eigenvalue weighted by Gasteiger charge is 1.91. The van der Waals surface area contributed by atoms with Gasteiger partial charge in [-0.15, -0.1) is 0 Å². The lowest BCUT2D eigenvalue weighted by atomic mass is 10.1. The average Bonchev–Trinajstić information content (AvgIpc) is 3.61. The lowest BCUT2D eigenvalue weighted by molar-refractivity contribution is 0.277. The van der Waals surface area contributed by atoms with Gasteiger partial charge in [-0.1, -0.05) is 395 Å². The van der Waals surface area contributed by atoms with Gasteiger partial charge >= 0.3 is 0 Å². The second kappa shape index (κ2) is 308. The molecule has 5 rings (SSSR count). The van der Waals surface area contributed by atoms with Crippen molar-refractivity contribution in [2.75, 3.05) is 85.3 Å². The van der Waals surface area contributed by atoms with Gasteiger partial charge in [-0.3, -0.25) is 0 Å². The van der Waals surface area contributed by atoms with Gasteiger partial charge in [-0.05, 0) is 21.9 Å². The first-order valence-electron chi connectivity index (χ1n) is 32.4. The Kier molecular flexibility index (Phi) is 553. The number of methoxy groups -OCH3 is 6. The van der Waals surface area contributed by atoms with Crippen LogP contribution in [0.2, 0.25) is 0 Å². The van der Waals surface area contributed by atoms with E-state index < -0.39 is 0 Å². The van der Waals surface area contributed by atoms with E-state index in [2.05, 4.69) is 125 Å². The molecule has 6 nitrogen and oxygen atoms in total. The van der Waals surface area contributed by atoms with E-state index >= 15 is 0 Å². The fourth-order valence-electron chi connectivity index (χ4n) is 2.78. The van der Waals surface area contributed by atoms with E-state index in [0.29, 0.717) is 0 Å². The smallest absolute Gasteiger partial charge is 0.0351 e. The van der Waals surface area contributed by atoms with Crippen LogP contribution in [0.25, 0.3) is 21.9 Å². The summed E-state index contributed by atoms with van der Waals surface area (Å²) >= 11 is 0. The Labute approximate surface area is 528 Å². The summed E-state index contributed by atoms with van der Waals surface area (Å²) in [6.45, 7) is 72.0. The number of rotatable bonds is 1. The minimum Gasteiger partial charge on any atom is -0.388 e. The molecule has 82 heavy (non-hydrogen) atoms. The summed E-state index contributed by atoms with van der Waals surface area (Å²) in [7, 11) is 19.5. The van der Waals surface area contributed by atoms with E-state index in [0.717, 1.165) is 0 Å². The molecule has 0 bridgehead atoms. The molecule has 0 N–H and O–H groups in total. The first kappa shape index (κ1) is 148. The third-order valence-electron chi connectivity index (χ3n) is 4.21. The Morgan fingerprint density at radius 3 is 0.305 bits per heavy atom. The molecule has 0 heterocycles. The molecule has 0 fully saturated rings. The van der Waals surface area contributed by atoms with Crippen molar-refractivity contribution < 1.29 is 28.4 Å². The summed E-state index contributed by atoms with van der Waals surface area (Å²) in [6, 6.07) is 49.5. The molecule has 0 spiro atoms. The Hall–Kier alpha value is -3.88. The summed E-state index contributed by atoms with van der Waals surface area (Å²) in [5.41, 5.74) is 2.55. The van der Waals surface area contributed by atoms with Crippen molar-refractivity contribution >= 4 is 10.8 Å². The fourth-order valence-corrected chi connectivity index (χ4v) is 2.78. The molecule has 0 saturated carbocycles. The Bertz CT molecular complexity index is 1020. The van der Waals surface area contributed by atoms with Gasteiger partial charge in [0.15, 0.2) is 0 Å². The largest absolute Gasteiger partial charge is 0.388 e. The summed E-state index contributed by atoms with van der Waals surface area (Å²) in [6.07, 6.45) is 0. The van der Waals surface area contributed by atoms with Gasteiger partial charge in [-0.25, -0.2) is 0 Å². The van der Waals surface area contributed by atoms with Crippen LogP contribution in [-0.2, 0) is 28.4 Å². The van der Waals surface area contributed by atoms with Gasteiger partial charge in [0, 0.05) is 85.3 Å². The van der Waals surface area contributed by atoms with Gasteiger partial charge in [0.2, 0.25) is 0 Å². The number of benzene rings is 5. The first-order chi connectivity index (χ1) is 40.4. The third-order valence-corrected chi connectivity index (χ3v) is 4.21.